The van der Waals surface area contributed by atoms with Gasteiger partial charge in [-0.1, -0.05) is 37.8 Å². The number of hydrogen-bond donors (Lipinski definition) is 1. The van der Waals surface area contributed by atoms with Crippen molar-refractivity contribution in [2.75, 3.05) is 13.1 Å². The highest BCUT2D eigenvalue weighted by atomic mass is 35.5. The Balaban J connectivity index is 0.00000192. The van der Waals surface area contributed by atoms with E-state index in [2.05, 4.69) is 17.4 Å². The summed E-state index contributed by atoms with van der Waals surface area (Å²) < 4.78 is 0. The number of nitrogens with one attached hydrogen (secondary N) is 1. The van der Waals surface area contributed by atoms with Gasteiger partial charge in [0.1, 0.15) is 0 Å². The molecule has 1 N–H and O–H groups in total. The minimum atomic E-state index is 0. The number of benzene rings is 1. The third kappa shape index (κ3) is 5.22. The first-order chi connectivity index (χ1) is 10.8. The van der Waals surface area contributed by atoms with E-state index in [-0.39, 0.29) is 18.3 Å². The van der Waals surface area contributed by atoms with Gasteiger partial charge in [0.15, 0.2) is 0 Å². The number of hydrogen-bond acceptors (Lipinski definition) is 2. The molecule has 0 bridgehead atoms. The molecular weight excluding hydrogens is 308 g/mol. The van der Waals surface area contributed by atoms with Crippen molar-refractivity contribution in [3.63, 3.8) is 0 Å². The summed E-state index contributed by atoms with van der Waals surface area (Å²) in [5.41, 5.74) is 2.08. The smallest absolute Gasteiger partial charge is 0.253 e. The zero-order valence-corrected chi connectivity index (χ0v) is 14.7. The Hall–Kier alpha value is -1.06. The fourth-order valence-corrected chi connectivity index (χ4v) is 3.66. The molecule has 1 amide bonds. The molecule has 128 valence electrons. The largest absolute Gasteiger partial charge is 0.339 e. The summed E-state index contributed by atoms with van der Waals surface area (Å²) >= 11 is 0. The van der Waals surface area contributed by atoms with Crippen LogP contribution in [-0.2, 0) is 6.54 Å². The molecule has 1 aromatic rings. The van der Waals surface area contributed by atoms with Crippen molar-refractivity contribution < 1.29 is 4.79 Å². The van der Waals surface area contributed by atoms with E-state index in [9.17, 15) is 4.79 Å². The molecule has 1 heterocycles. The molecule has 0 spiro atoms. The Labute approximate surface area is 146 Å². The summed E-state index contributed by atoms with van der Waals surface area (Å²) in [6.07, 6.45) is 10.4. The van der Waals surface area contributed by atoms with Crippen LogP contribution in [-0.4, -0.2) is 29.9 Å². The van der Waals surface area contributed by atoms with E-state index in [4.69, 9.17) is 0 Å². The van der Waals surface area contributed by atoms with Crippen LogP contribution in [0.2, 0.25) is 0 Å². The molecule has 0 atom stereocenters. The molecule has 1 saturated carbocycles. The van der Waals surface area contributed by atoms with E-state index in [0.717, 1.165) is 38.0 Å². The van der Waals surface area contributed by atoms with Crippen LogP contribution < -0.4 is 5.32 Å². The lowest BCUT2D eigenvalue weighted by Crippen LogP contribution is -2.29. The van der Waals surface area contributed by atoms with Crippen LogP contribution in [0, 0.1) is 0 Å². The van der Waals surface area contributed by atoms with E-state index in [0.29, 0.717) is 6.04 Å². The minimum absolute atomic E-state index is 0. The highest BCUT2D eigenvalue weighted by Crippen LogP contribution is 2.18. The van der Waals surface area contributed by atoms with Gasteiger partial charge in [-0.05, 0) is 43.4 Å². The maximum Gasteiger partial charge on any atom is 0.253 e. The standard InChI is InChI=1S/C19H28N2O.ClH/c22-19(21-12-5-6-13-21)17-9-7-8-16(14-17)15-20-18-10-3-1-2-4-11-18;/h7-9,14,18,20H,1-6,10-13,15H2;1H. The van der Waals surface area contributed by atoms with Crippen LogP contribution >= 0.6 is 12.4 Å². The monoisotopic (exact) mass is 336 g/mol. The van der Waals surface area contributed by atoms with E-state index < -0.39 is 0 Å². The third-order valence-corrected chi connectivity index (χ3v) is 5.02. The molecule has 2 fully saturated rings. The molecular formula is C19H29ClN2O. The zero-order valence-electron chi connectivity index (χ0n) is 13.9. The van der Waals surface area contributed by atoms with Gasteiger partial charge in [0.25, 0.3) is 5.91 Å². The van der Waals surface area contributed by atoms with Crippen LogP contribution in [0.25, 0.3) is 0 Å². The number of rotatable bonds is 4. The lowest BCUT2D eigenvalue weighted by molar-refractivity contribution is 0.0792. The Kier molecular flexibility index (Phi) is 7.38. The van der Waals surface area contributed by atoms with Gasteiger partial charge in [-0.2, -0.15) is 0 Å². The van der Waals surface area contributed by atoms with Gasteiger partial charge in [0.05, 0.1) is 0 Å². The first kappa shape index (κ1) is 18.3. The van der Waals surface area contributed by atoms with Crippen molar-refractivity contribution in [3.8, 4) is 0 Å². The molecule has 3 nitrogen and oxygen atoms in total. The molecule has 1 aliphatic heterocycles. The van der Waals surface area contributed by atoms with Gasteiger partial charge in [0.2, 0.25) is 0 Å². The maximum absolute atomic E-state index is 12.5. The maximum atomic E-state index is 12.5. The normalized spacial score (nSPS) is 19.2. The lowest BCUT2D eigenvalue weighted by atomic mass is 10.1. The predicted octanol–water partition coefficient (Wildman–Crippen LogP) is 4.16. The Morgan fingerprint density at radius 1 is 1.04 bits per heavy atom. The van der Waals surface area contributed by atoms with Gasteiger partial charge in [-0.25, -0.2) is 0 Å². The molecule has 2 aliphatic rings. The summed E-state index contributed by atoms with van der Waals surface area (Å²) in [5.74, 6) is 0.203. The summed E-state index contributed by atoms with van der Waals surface area (Å²) in [6, 6.07) is 8.83. The molecule has 1 saturated heterocycles. The fourth-order valence-electron chi connectivity index (χ4n) is 3.66. The van der Waals surface area contributed by atoms with E-state index in [1.54, 1.807) is 0 Å². The molecule has 0 radical (unpaired) electrons. The van der Waals surface area contributed by atoms with Crippen LogP contribution in [0.15, 0.2) is 24.3 Å². The van der Waals surface area contributed by atoms with E-state index >= 15 is 0 Å². The van der Waals surface area contributed by atoms with Gasteiger partial charge in [-0.15, -0.1) is 12.4 Å². The second-order valence-corrected chi connectivity index (χ2v) is 6.77. The fraction of sp³-hybridized carbons (Fsp3) is 0.632. The number of halogens is 1. The second kappa shape index (κ2) is 9.29. The lowest BCUT2D eigenvalue weighted by Gasteiger charge is -2.18. The topological polar surface area (TPSA) is 32.3 Å². The summed E-state index contributed by atoms with van der Waals surface area (Å²) in [5, 5.41) is 3.69. The number of nitrogens with zero attached hydrogens (tertiary/aromatic N) is 1. The Morgan fingerprint density at radius 3 is 2.43 bits per heavy atom. The molecule has 1 aliphatic carbocycles. The van der Waals surface area contributed by atoms with Gasteiger partial charge < -0.3 is 10.2 Å². The van der Waals surface area contributed by atoms with Crippen molar-refractivity contribution in [1.82, 2.24) is 10.2 Å². The predicted molar refractivity (Wildman–Crippen MR) is 97.2 cm³/mol. The van der Waals surface area contributed by atoms with Crippen LogP contribution in [0.5, 0.6) is 0 Å². The summed E-state index contributed by atoms with van der Waals surface area (Å²) in [6.45, 7) is 2.72. The van der Waals surface area contributed by atoms with Crippen molar-refractivity contribution in [1.29, 1.82) is 0 Å². The number of likely N-dealkylation sites (tertiary alicyclic amines) is 1. The number of carbonyl (C=O) groups excluding carboxylic acids is 1. The first-order valence-corrected chi connectivity index (χ1v) is 8.94. The molecule has 3 rings (SSSR count). The molecule has 1 aromatic carbocycles. The van der Waals surface area contributed by atoms with Crippen LogP contribution in [0.4, 0.5) is 0 Å². The number of amides is 1. The van der Waals surface area contributed by atoms with Gasteiger partial charge in [0, 0.05) is 31.2 Å². The average molecular weight is 337 g/mol. The first-order valence-electron chi connectivity index (χ1n) is 8.94. The average Bonchev–Trinajstić information content (AvgIpc) is 2.97. The third-order valence-electron chi connectivity index (χ3n) is 5.02. The SMILES string of the molecule is Cl.O=C(c1cccc(CNC2CCCCCC2)c1)N1CCCC1. The molecule has 23 heavy (non-hydrogen) atoms. The summed E-state index contributed by atoms with van der Waals surface area (Å²) in [4.78, 5) is 14.4. The number of carbonyl (C=O) groups is 1. The quantitative estimate of drug-likeness (QED) is 0.837. The Morgan fingerprint density at radius 2 is 1.74 bits per heavy atom. The highest BCUT2D eigenvalue weighted by molar-refractivity contribution is 5.94. The van der Waals surface area contributed by atoms with Gasteiger partial charge in [-0.3, -0.25) is 4.79 Å². The molecule has 0 unspecified atom stereocenters. The second-order valence-electron chi connectivity index (χ2n) is 6.77. The van der Waals surface area contributed by atoms with E-state index in [1.165, 1.54) is 44.1 Å². The van der Waals surface area contributed by atoms with Crippen LogP contribution in [0.1, 0.15) is 67.3 Å². The van der Waals surface area contributed by atoms with Crippen molar-refractivity contribution in [3.05, 3.63) is 35.4 Å². The minimum Gasteiger partial charge on any atom is -0.339 e. The van der Waals surface area contributed by atoms with Gasteiger partial charge >= 0.3 is 0 Å². The van der Waals surface area contributed by atoms with Crippen molar-refractivity contribution in [2.24, 2.45) is 0 Å². The molecule has 4 heteroatoms. The van der Waals surface area contributed by atoms with E-state index in [1.807, 2.05) is 17.0 Å². The van der Waals surface area contributed by atoms with Crippen LogP contribution in [0.3, 0.4) is 0 Å². The van der Waals surface area contributed by atoms with Crippen molar-refractivity contribution >= 4 is 18.3 Å². The summed E-state index contributed by atoms with van der Waals surface area (Å²) in [7, 11) is 0. The molecule has 0 aromatic heterocycles. The van der Waals surface area contributed by atoms with Crippen molar-refractivity contribution in [2.45, 2.75) is 64.0 Å². The Bertz CT molecular complexity index is 492. The zero-order chi connectivity index (χ0) is 15.2. The highest BCUT2D eigenvalue weighted by Gasteiger charge is 2.19.